The summed E-state index contributed by atoms with van der Waals surface area (Å²) in [5.41, 5.74) is 3.46. The smallest absolute Gasteiger partial charge is 0.137 e. The molecule has 0 spiro atoms. The van der Waals surface area contributed by atoms with Crippen molar-refractivity contribution in [2.75, 3.05) is 19.0 Å². The Morgan fingerprint density at radius 1 is 1.28 bits per heavy atom. The van der Waals surface area contributed by atoms with E-state index in [9.17, 15) is 9.50 Å². The average Bonchev–Trinajstić information content (AvgIpc) is 3.12. The molecule has 1 N–H and O–H groups in total. The van der Waals surface area contributed by atoms with Crippen LogP contribution in [0.1, 0.15) is 28.4 Å². The van der Waals surface area contributed by atoms with Crippen LogP contribution in [0.15, 0.2) is 40.9 Å². The van der Waals surface area contributed by atoms with Crippen LogP contribution in [0.25, 0.3) is 0 Å². The number of fused-ring (bicyclic) bond motifs is 1. The van der Waals surface area contributed by atoms with Gasteiger partial charge in [-0.2, -0.15) is 0 Å². The second-order valence-corrected chi connectivity index (χ2v) is 10.3. The van der Waals surface area contributed by atoms with Gasteiger partial charge in [0.05, 0.1) is 17.7 Å². The SMILES string of the molecule is OCC1(c2ccc3c(c2)CCO3)SCCC(c2ccc(F)c(Br)c2)S1. The van der Waals surface area contributed by atoms with Gasteiger partial charge in [0.25, 0.3) is 0 Å². The molecule has 0 amide bonds. The topological polar surface area (TPSA) is 29.5 Å². The van der Waals surface area contributed by atoms with Gasteiger partial charge in [0, 0.05) is 11.7 Å². The molecule has 0 aromatic heterocycles. The number of hydrogen-bond donors (Lipinski definition) is 1. The van der Waals surface area contributed by atoms with E-state index >= 15 is 0 Å². The molecule has 2 aromatic rings. The summed E-state index contributed by atoms with van der Waals surface area (Å²) >= 11 is 6.86. The van der Waals surface area contributed by atoms with Gasteiger partial charge >= 0.3 is 0 Å². The van der Waals surface area contributed by atoms with Gasteiger partial charge in [-0.1, -0.05) is 12.1 Å². The molecule has 25 heavy (non-hydrogen) atoms. The number of benzene rings is 2. The molecule has 1 fully saturated rings. The van der Waals surface area contributed by atoms with Crippen LogP contribution in [0.4, 0.5) is 4.39 Å². The van der Waals surface area contributed by atoms with E-state index in [-0.39, 0.29) is 21.8 Å². The first-order chi connectivity index (χ1) is 12.1. The highest BCUT2D eigenvalue weighted by Crippen LogP contribution is 2.58. The number of halogens is 2. The molecule has 0 saturated carbocycles. The third-order valence-corrected chi connectivity index (χ3v) is 8.76. The average molecular weight is 441 g/mol. The zero-order valence-electron chi connectivity index (χ0n) is 13.5. The molecule has 2 heterocycles. The van der Waals surface area contributed by atoms with E-state index in [0.29, 0.717) is 4.47 Å². The number of aliphatic hydroxyl groups excluding tert-OH is 1. The van der Waals surface area contributed by atoms with Crippen molar-refractivity contribution in [2.45, 2.75) is 22.2 Å². The van der Waals surface area contributed by atoms with Gasteiger partial charge in [0.15, 0.2) is 0 Å². The van der Waals surface area contributed by atoms with Gasteiger partial charge in [-0.05, 0) is 69.1 Å². The molecule has 6 heteroatoms. The normalized spacial score (nSPS) is 25.5. The Balaban J connectivity index is 1.66. The Kier molecular flexibility index (Phi) is 5.06. The standard InChI is InChI=1S/C19H18BrFO2S2/c20-15-10-13(1-3-16(15)21)18-6-8-24-19(11-22,25-18)14-2-4-17-12(9-14)5-7-23-17/h1-4,9-10,18,22H,5-8,11H2. The van der Waals surface area contributed by atoms with Gasteiger partial charge in [0.2, 0.25) is 0 Å². The van der Waals surface area contributed by atoms with Crippen molar-refractivity contribution in [3.8, 4) is 5.75 Å². The molecule has 2 aliphatic rings. The predicted octanol–water partition coefficient (Wildman–Crippen LogP) is 5.28. The first-order valence-electron chi connectivity index (χ1n) is 8.25. The van der Waals surface area contributed by atoms with Crippen molar-refractivity contribution < 1.29 is 14.2 Å². The van der Waals surface area contributed by atoms with E-state index in [0.717, 1.165) is 42.1 Å². The third kappa shape index (κ3) is 3.34. The third-order valence-electron chi connectivity index (χ3n) is 4.70. The monoisotopic (exact) mass is 440 g/mol. The van der Waals surface area contributed by atoms with E-state index < -0.39 is 0 Å². The Morgan fingerprint density at radius 2 is 2.16 bits per heavy atom. The van der Waals surface area contributed by atoms with Crippen molar-refractivity contribution >= 4 is 39.5 Å². The Labute approximate surface area is 163 Å². The highest BCUT2D eigenvalue weighted by Gasteiger charge is 2.40. The summed E-state index contributed by atoms with van der Waals surface area (Å²) in [4.78, 5) is 0. The first-order valence-corrected chi connectivity index (χ1v) is 10.9. The summed E-state index contributed by atoms with van der Waals surface area (Å²) in [7, 11) is 0. The zero-order chi connectivity index (χ0) is 17.4. The summed E-state index contributed by atoms with van der Waals surface area (Å²) < 4.78 is 19.3. The summed E-state index contributed by atoms with van der Waals surface area (Å²) in [5.74, 6) is 1.67. The van der Waals surface area contributed by atoms with Crippen LogP contribution in [0.2, 0.25) is 0 Å². The van der Waals surface area contributed by atoms with Gasteiger partial charge in [-0.3, -0.25) is 0 Å². The molecule has 2 nitrogen and oxygen atoms in total. The maximum absolute atomic E-state index is 13.6. The second kappa shape index (κ2) is 7.14. The molecule has 2 aliphatic heterocycles. The number of ether oxygens (including phenoxy) is 1. The lowest BCUT2D eigenvalue weighted by Gasteiger charge is -2.39. The molecule has 132 valence electrons. The molecular weight excluding hydrogens is 423 g/mol. The first kappa shape index (κ1) is 17.7. The van der Waals surface area contributed by atoms with Crippen molar-refractivity contribution in [3.63, 3.8) is 0 Å². The highest BCUT2D eigenvalue weighted by molar-refractivity contribution is 9.10. The van der Waals surface area contributed by atoms with Crippen LogP contribution < -0.4 is 4.74 Å². The van der Waals surface area contributed by atoms with Crippen molar-refractivity contribution in [3.05, 3.63) is 63.4 Å². The molecule has 1 saturated heterocycles. The minimum absolute atomic E-state index is 0.0703. The Bertz CT molecular complexity index is 801. The van der Waals surface area contributed by atoms with E-state index in [1.165, 1.54) is 11.6 Å². The van der Waals surface area contributed by atoms with Crippen LogP contribution in [0.5, 0.6) is 5.75 Å². The van der Waals surface area contributed by atoms with E-state index in [1.54, 1.807) is 23.5 Å². The molecule has 2 aromatic carbocycles. The van der Waals surface area contributed by atoms with E-state index in [2.05, 4.69) is 28.1 Å². The lowest BCUT2D eigenvalue weighted by Crippen LogP contribution is -2.28. The second-order valence-electron chi connectivity index (χ2n) is 6.25. The lowest BCUT2D eigenvalue weighted by molar-refractivity contribution is 0.284. The molecule has 2 atom stereocenters. The molecule has 0 bridgehead atoms. The zero-order valence-corrected chi connectivity index (χ0v) is 16.7. The minimum Gasteiger partial charge on any atom is -0.493 e. The minimum atomic E-state index is -0.388. The van der Waals surface area contributed by atoms with Crippen molar-refractivity contribution in [1.82, 2.24) is 0 Å². The molecule has 4 rings (SSSR count). The summed E-state index contributed by atoms with van der Waals surface area (Å²) in [6.07, 6.45) is 1.93. The molecule has 2 unspecified atom stereocenters. The number of aliphatic hydroxyl groups is 1. The predicted molar refractivity (Wildman–Crippen MR) is 106 cm³/mol. The van der Waals surface area contributed by atoms with Crippen molar-refractivity contribution in [1.29, 1.82) is 0 Å². The maximum atomic E-state index is 13.6. The molecule has 0 radical (unpaired) electrons. The number of hydrogen-bond acceptors (Lipinski definition) is 4. The Morgan fingerprint density at radius 3 is 2.96 bits per heavy atom. The van der Waals surface area contributed by atoms with E-state index in [1.807, 2.05) is 18.2 Å². The molecule has 0 aliphatic carbocycles. The summed E-state index contributed by atoms with van der Waals surface area (Å²) in [5, 5.41) is 10.5. The largest absolute Gasteiger partial charge is 0.493 e. The summed E-state index contributed by atoms with van der Waals surface area (Å²) in [6, 6.07) is 11.5. The van der Waals surface area contributed by atoms with Crippen LogP contribution in [0, 0.1) is 5.82 Å². The van der Waals surface area contributed by atoms with Crippen LogP contribution in [0.3, 0.4) is 0 Å². The fraction of sp³-hybridized carbons (Fsp3) is 0.368. The summed E-state index contributed by atoms with van der Waals surface area (Å²) in [6.45, 7) is 0.804. The maximum Gasteiger partial charge on any atom is 0.137 e. The van der Waals surface area contributed by atoms with Crippen LogP contribution in [-0.2, 0) is 10.5 Å². The van der Waals surface area contributed by atoms with E-state index in [4.69, 9.17) is 4.74 Å². The Hall–Kier alpha value is -0.690. The van der Waals surface area contributed by atoms with Gasteiger partial charge in [-0.15, -0.1) is 23.5 Å². The van der Waals surface area contributed by atoms with Gasteiger partial charge < -0.3 is 9.84 Å². The lowest BCUT2D eigenvalue weighted by atomic mass is 10.1. The fourth-order valence-electron chi connectivity index (χ4n) is 3.35. The fourth-order valence-corrected chi connectivity index (χ4v) is 7.15. The van der Waals surface area contributed by atoms with Crippen molar-refractivity contribution in [2.24, 2.45) is 0 Å². The quantitative estimate of drug-likeness (QED) is 0.702. The van der Waals surface area contributed by atoms with Gasteiger partial charge in [-0.25, -0.2) is 4.39 Å². The highest BCUT2D eigenvalue weighted by atomic mass is 79.9. The molecular formula is C19H18BrFO2S2. The van der Waals surface area contributed by atoms with Gasteiger partial charge in [0.1, 0.15) is 15.6 Å². The number of rotatable bonds is 3. The van der Waals surface area contributed by atoms with Crippen LogP contribution in [-0.4, -0.2) is 24.1 Å². The number of thioether (sulfide) groups is 2. The van der Waals surface area contributed by atoms with Crippen LogP contribution >= 0.6 is 39.5 Å².